The molecule has 2 N–H and O–H groups in total. The Kier molecular flexibility index (Phi) is 4.76. The van der Waals surface area contributed by atoms with Gasteiger partial charge in [-0.05, 0) is 29.5 Å². The van der Waals surface area contributed by atoms with E-state index in [1.165, 1.54) is 4.31 Å². The Morgan fingerprint density at radius 1 is 1.26 bits per heavy atom. The van der Waals surface area contributed by atoms with Gasteiger partial charge in [-0.15, -0.1) is 0 Å². The van der Waals surface area contributed by atoms with Crippen molar-refractivity contribution in [3.63, 3.8) is 0 Å². The summed E-state index contributed by atoms with van der Waals surface area (Å²) in [4.78, 5) is 0.371. The highest BCUT2D eigenvalue weighted by Gasteiger charge is 2.24. The van der Waals surface area contributed by atoms with E-state index in [0.717, 1.165) is 11.1 Å². The average Bonchev–Trinajstić information content (AvgIpc) is 2.28. The molecule has 108 valence electrons. The summed E-state index contributed by atoms with van der Waals surface area (Å²) < 4.78 is 26.3. The molecule has 0 aromatic heterocycles. The Balaban J connectivity index is 3.34. The summed E-state index contributed by atoms with van der Waals surface area (Å²) in [5.74, 6) is 0. The van der Waals surface area contributed by atoms with Crippen LogP contribution in [-0.2, 0) is 15.4 Å². The maximum Gasteiger partial charge on any atom is 0.243 e. The summed E-state index contributed by atoms with van der Waals surface area (Å²) in [6.45, 7) is 8.65. The number of nitrogens with zero attached hydrogens (tertiary/aromatic N) is 1. The fourth-order valence-corrected chi connectivity index (χ4v) is 3.25. The van der Waals surface area contributed by atoms with Crippen molar-refractivity contribution in [3.8, 4) is 0 Å². The van der Waals surface area contributed by atoms with Gasteiger partial charge in [0.05, 0.1) is 4.90 Å². The summed E-state index contributed by atoms with van der Waals surface area (Å²) in [6.07, 6.45) is 0. The number of likely N-dealkylation sites (N-methyl/N-ethyl adjacent to an activating group) is 1. The predicted molar refractivity (Wildman–Crippen MR) is 78.7 cm³/mol. The van der Waals surface area contributed by atoms with E-state index in [1.54, 1.807) is 13.1 Å². The van der Waals surface area contributed by atoms with Crippen LogP contribution in [0.1, 0.15) is 31.9 Å². The summed E-state index contributed by atoms with van der Waals surface area (Å²) in [5.41, 5.74) is 7.13. The predicted octanol–water partition coefficient (Wildman–Crippen LogP) is 1.87. The lowest BCUT2D eigenvalue weighted by Crippen LogP contribution is -2.32. The highest BCUT2D eigenvalue weighted by molar-refractivity contribution is 7.89. The topological polar surface area (TPSA) is 63.4 Å². The van der Waals surface area contributed by atoms with Gasteiger partial charge in [0.2, 0.25) is 10.0 Å². The third-order valence-corrected chi connectivity index (χ3v) is 5.19. The van der Waals surface area contributed by atoms with Gasteiger partial charge >= 0.3 is 0 Å². The maximum atomic E-state index is 12.5. The first-order valence-corrected chi connectivity index (χ1v) is 7.82. The fraction of sp³-hybridized carbons (Fsp3) is 0.571. The van der Waals surface area contributed by atoms with E-state index >= 15 is 0 Å². The lowest BCUT2D eigenvalue weighted by Gasteiger charge is -2.23. The van der Waals surface area contributed by atoms with Crippen LogP contribution in [0.15, 0.2) is 23.1 Å². The number of benzene rings is 1. The van der Waals surface area contributed by atoms with Gasteiger partial charge in [0.1, 0.15) is 0 Å². The minimum atomic E-state index is -3.46. The molecule has 0 unspecified atom stereocenters. The van der Waals surface area contributed by atoms with Crippen LogP contribution in [0.4, 0.5) is 0 Å². The van der Waals surface area contributed by atoms with Gasteiger partial charge in [0, 0.05) is 20.1 Å². The largest absolute Gasteiger partial charge is 0.329 e. The SMILES string of the molecule is Cc1ccc(C(C)(C)C)cc1S(=O)(=O)N(C)CCN. The van der Waals surface area contributed by atoms with Crippen LogP contribution in [-0.4, -0.2) is 32.9 Å². The molecule has 1 rings (SSSR count). The Morgan fingerprint density at radius 2 is 1.84 bits per heavy atom. The highest BCUT2D eigenvalue weighted by atomic mass is 32.2. The van der Waals surface area contributed by atoms with Crippen molar-refractivity contribution in [2.45, 2.75) is 38.0 Å². The van der Waals surface area contributed by atoms with E-state index < -0.39 is 10.0 Å². The quantitative estimate of drug-likeness (QED) is 0.918. The standard InChI is InChI=1S/C14H24N2O2S/c1-11-6-7-12(14(2,3)4)10-13(11)19(17,18)16(5)9-8-15/h6-7,10H,8-9,15H2,1-5H3. The number of aryl methyl sites for hydroxylation is 1. The van der Waals surface area contributed by atoms with Gasteiger partial charge in [-0.2, -0.15) is 4.31 Å². The zero-order valence-electron chi connectivity index (χ0n) is 12.4. The number of sulfonamides is 1. The van der Waals surface area contributed by atoms with Crippen LogP contribution in [0.25, 0.3) is 0 Å². The molecule has 0 radical (unpaired) electrons. The first-order valence-electron chi connectivity index (χ1n) is 6.38. The minimum absolute atomic E-state index is 0.0790. The molecule has 4 nitrogen and oxygen atoms in total. The van der Waals surface area contributed by atoms with Crippen LogP contribution in [0.5, 0.6) is 0 Å². The normalized spacial score (nSPS) is 13.0. The van der Waals surface area contributed by atoms with Crippen LogP contribution < -0.4 is 5.73 Å². The first-order chi connectivity index (χ1) is 8.60. The van der Waals surface area contributed by atoms with E-state index in [4.69, 9.17) is 5.73 Å². The van der Waals surface area contributed by atoms with Gasteiger partial charge < -0.3 is 5.73 Å². The molecular weight excluding hydrogens is 260 g/mol. The van der Waals surface area contributed by atoms with Crippen molar-refractivity contribution < 1.29 is 8.42 Å². The van der Waals surface area contributed by atoms with Crippen molar-refractivity contribution >= 4 is 10.0 Å². The molecule has 0 aliphatic heterocycles. The molecular formula is C14H24N2O2S. The van der Waals surface area contributed by atoms with Crippen LogP contribution >= 0.6 is 0 Å². The molecule has 1 aromatic carbocycles. The Hall–Kier alpha value is -0.910. The van der Waals surface area contributed by atoms with Gasteiger partial charge in [0.15, 0.2) is 0 Å². The second-order valence-electron chi connectivity index (χ2n) is 5.85. The zero-order chi connectivity index (χ0) is 14.8. The minimum Gasteiger partial charge on any atom is -0.329 e. The number of rotatable bonds is 4. The molecule has 5 heteroatoms. The summed E-state index contributed by atoms with van der Waals surface area (Å²) in [6, 6.07) is 5.62. The van der Waals surface area contributed by atoms with Gasteiger partial charge in [0.25, 0.3) is 0 Å². The lowest BCUT2D eigenvalue weighted by atomic mass is 9.87. The lowest BCUT2D eigenvalue weighted by molar-refractivity contribution is 0.475. The molecule has 0 bridgehead atoms. The third-order valence-electron chi connectivity index (χ3n) is 3.19. The third kappa shape index (κ3) is 3.55. The summed E-state index contributed by atoms with van der Waals surface area (Å²) >= 11 is 0. The van der Waals surface area contributed by atoms with Gasteiger partial charge in [-0.1, -0.05) is 32.9 Å². The van der Waals surface area contributed by atoms with Crippen molar-refractivity contribution in [2.24, 2.45) is 5.73 Å². The van der Waals surface area contributed by atoms with Crippen molar-refractivity contribution in [1.82, 2.24) is 4.31 Å². The second-order valence-corrected chi connectivity index (χ2v) is 7.86. The molecule has 0 saturated heterocycles. The Labute approximate surface area is 116 Å². The zero-order valence-corrected chi connectivity index (χ0v) is 13.2. The van der Waals surface area contributed by atoms with E-state index in [9.17, 15) is 8.42 Å². The highest BCUT2D eigenvalue weighted by Crippen LogP contribution is 2.27. The van der Waals surface area contributed by atoms with E-state index in [1.807, 2.05) is 19.1 Å². The molecule has 0 aliphatic rings. The van der Waals surface area contributed by atoms with E-state index in [2.05, 4.69) is 20.8 Å². The molecule has 0 aliphatic carbocycles. The maximum absolute atomic E-state index is 12.5. The molecule has 1 aromatic rings. The van der Waals surface area contributed by atoms with Crippen molar-refractivity contribution in [2.75, 3.05) is 20.1 Å². The molecule has 0 saturated carbocycles. The van der Waals surface area contributed by atoms with Crippen molar-refractivity contribution in [1.29, 1.82) is 0 Å². The second kappa shape index (κ2) is 5.61. The number of hydrogen-bond donors (Lipinski definition) is 1. The Morgan fingerprint density at radius 3 is 2.32 bits per heavy atom. The smallest absolute Gasteiger partial charge is 0.243 e. The van der Waals surface area contributed by atoms with Crippen LogP contribution in [0.3, 0.4) is 0 Å². The first kappa shape index (κ1) is 16.1. The summed E-state index contributed by atoms with van der Waals surface area (Å²) in [5, 5.41) is 0. The number of hydrogen-bond acceptors (Lipinski definition) is 3. The molecule has 19 heavy (non-hydrogen) atoms. The molecule has 0 fully saturated rings. The van der Waals surface area contributed by atoms with E-state index in [0.29, 0.717) is 18.0 Å². The number of nitrogens with two attached hydrogens (primary N) is 1. The average molecular weight is 284 g/mol. The molecule has 0 heterocycles. The summed E-state index contributed by atoms with van der Waals surface area (Å²) in [7, 11) is -1.90. The fourth-order valence-electron chi connectivity index (χ4n) is 1.81. The van der Waals surface area contributed by atoms with Crippen LogP contribution in [0, 0.1) is 6.92 Å². The van der Waals surface area contributed by atoms with E-state index in [-0.39, 0.29) is 5.41 Å². The van der Waals surface area contributed by atoms with Crippen molar-refractivity contribution in [3.05, 3.63) is 29.3 Å². The van der Waals surface area contributed by atoms with Gasteiger partial charge in [-0.3, -0.25) is 0 Å². The molecule has 0 spiro atoms. The van der Waals surface area contributed by atoms with Gasteiger partial charge in [-0.25, -0.2) is 8.42 Å². The molecule has 0 atom stereocenters. The van der Waals surface area contributed by atoms with Crippen LogP contribution in [0.2, 0.25) is 0 Å². The molecule has 0 amide bonds. The Bertz CT molecular complexity index is 545. The monoisotopic (exact) mass is 284 g/mol.